The second-order valence-electron chi connectivity index (χ2n) is 5.18. The lowest BCUT2D eigenvalue weighted by molar-refractivity contribution is 0.384. The van der Waals surface area contributed by atoms with Crippen LogP contribution in [-0.2, 0) is 7.05 Å². The van der Waals surface area contributed by atoms with Gasteiger partial charge in [-0.25, -0.2) is 9.97 Å². The predicted molar refractivity (Wildman–Crippen MR) is 78.8 cm³/mol. The van der Waals surface area contributed by atoms with Crippen LogP contribution in [0.4, 0.5) is 5.82 Å². The Morgan fingerprint density at radius 3 is 2.95 bits per heavy atom. The highest BCUT2D eigenvalue weighted by Gasteiger charge is 2.27. The van der Waals surface area contributed by atoms with Gasteiger partial charge in [-0.15, -0.1) is 11.6 Å². The van der Waals surface area contributed by atoms with Crippen LogP contribution in [0.25, 0.3) is 11.0 Å². The Balaban J connectivity index is 1.98. The van der Waals surface area contributed by atoms with Gasteiger partial charge < -0.3 is 9.47 Å². The van der Waals surface area contributed by atoms with Gasteiger partial charge in [0.25, 0.3) is 0 Å². The molecule has 0 radical (unpaired) electrons. The summed E-state index contributed by atoms with van der Waals surface area (Å²) in [4.78, 5) is 11.5. The van der Waals surface area contributed by atoms with E-state index in [1.165, 1.54) is 19.3 Å². The van der Waals surface area contributed by atoms with Crippen molar-refractivity contribution in [3.63, 3.8) is 0 Å². The lowest BCUT2D eigenvalue weighted by Crippen LogP contribution is -2.41. The van der Waals surface area contributed by atoms with Gasteiger partial charge in [0, 0.05) is 31.7 Å². The molecule has 2 aromatic rings. The molecule has 0 aliphatic heterocycles. The smallest absolute Gasteiger partial charge is 0.156 e. The molecule has 1 aliphatic carbocycles. The Labute approximate surface area is 118 Å². The van der Waals surface area contributed by atoms with Crippen molar-refractivity contribution in [2.45, 2.75) is 31.7 Å². The third-order valence-electron chi connectivity index (χ3n) is 3.94. The van der Waals surface area contributed by atoms with E-state index < -0.39 is 0 Å². The summed E-state index contributed by atoms with van der Waals surface area (Å²) in [5.41, 5.74) is 2.15. The molecule has 1 fully saturated rings. The third-order valence-corrected chi connectivity index (χ3v) is 4.21. The number of halogens is 1. The summed E-state index contributed by atoms with van der Waals surface area (Å²) in [5, 5.41) is 0. The second kappa shape index (κ2) is 5.37. The van der Waals surface area contributed by atoms with Crippen molar-refractivity contribution in [1.82, 2.24) is 14.5 Å². The van der Waals surface area contributed by atoms with Crippen LogP contribution in [0.5, 0.6) is 0 Å². The zero-order chi connectivity index (χ0) is 13.2. The van der Waals surface area contributed by atoms with E-state index in [1.807, 2.05) is 30.2 Å². The number of hydrogen-bond acceptors (Lipinski definition) is 3. The Bertz CT molecular complexity index is 562. The Morgan fingerprint density at radius 2 is 2.26 bits per heavy atom. The van der Waals surface area contributed by atoms with Gasteiger partial charge in [0.05, 0.1) is 11.8 Å². The van der Waals surface area contributed by atoms with Gasteiger partial charge >= 0.3 is 0 Å². The first-order valence-electron chi connectivity index (χ1n) is 6.90. The number of imidazole rings is 1. The molecule has 0 saturated heterocycles. The van der Waals surface area contributed by atoms with Gasteiger partial charge in [-0.3, -0.25) is 0 Å². The molecule has 1 saturated carbocycles. The van der Waals surface area contributed by atoms with Crippen molar-refractivity contribution in [2.24, 2.45) is 7.05 Å². The normalized spacial score (nSPS) is 15.7. The number of aryl methyl sites for hydroxylation is 1. The molecular formula is C14H19ClN4. The fourth-order valence-electron chi connectivity index (χ4n) is 2.65. The topological polar surface area (TPSA) is 34.0 Å². The van der Waals surface area contributed by atoms with E-state index in [0.717, 1.165) is 29.8 Å². The van der Waals surface area contributed by atoms with Gasteiger partial charge in [-0.2, -0.15) is 0 Å². The maximum absolute atomic E-state index is 5.85. The minimum absolute atomic E-state index is 0.614. The number of hydrogen-bond donors (Lipinski definition) is 0. The monoisotopic (exact) mass is 278 g/mol. The number of aromatic nitrogens is 3. The summed E-state index contributed by atoms with van der Waals surface area (Å²) in [6.45, 7) is 0.969. The number of nitrogens with zero attached hydrogens (tertiary/aromatic N) is 4. The minimum Gasteiger partial charge on any atom is -0.352 e. The molecule has 1 aliphatic rings. The molecule has 0 N–H and O–H groups in total. The maximum atomic E-state index is 5.85. The average molecular weight is 279 g/mol. The van der Waals surface area contributed by atoms with Crippen LogP contribution in [0.3, 0.4) is 0 Å². The van der Waals surface area contributed by atoms with Gasteiger partial charge in [-0.05, 0) is 31.7 Å². The molecule has 0 aromatic carbocycles. The summed E-state index contributed by atoms with van der Waals surface area (Å²) in [6.07, 6.45) is 8.56. The van der Waals surface area contributed by atoms with E-state index in [9.17, 15) is 0 Å². The van der Waals surface area contributed by atoms with E-state index in [1.54, 1.807) is 0 Å². The highest BCUT2D eigenvalue weighted by molar-refractivity contribution is 6.17. The number of anilines is 1. The zero-order valence-electron chi connectivity index (χ0n) is 11.2. The van der Waals surface area contributed by atoms with Crippen molar-refractivity contribution < 1.29 is 0 Å². The lowest BCUT2D eigenvalue weighted by atomic mass is 9.91. The van der Waals surface area contributed by atoms with Crippen LogP contribution in [0.2, 0.25) is 0 Å². The fraction of sp³-hybridized carbons (Fsp3) is 0.571. The molecule has 4 nitrogen and oxygen atoms in total. The van der Waals surface area contributed by atoms with Crippen LogP contribution < -0.4 is 4.90 Å². The molecule has 102 valence electrons. The van der Waals surface area contributed by atoms with E-state index in [-0.39, 0.29) is 0 Å². The van der Waals surface area contributed by atoms with Crippen molar-refractivity contribution in [2.75, 3.05) is 17.3 Å². The van der Waals surface area contributed by atoms with Crippen LogP contribution in [0, 0.1) is 0 Å². The minimum atomic E-state index is 0.614. The first kappa shape index (κ1) is 12.7. The van der Waals surface area contributed by atoms with Crippen molar-refractivity contribution in [1.29, 1.82) is 0 Å². The largest absolute Gasteiger partial charge is 0.352 e. The molecular weight excluding hydrogens is 260 g/mol. The van der Waals surface area contributed by atoms with Crippen LogP contribution >= 0.6 is 11.6 Å². The lowest BCUT2D eigenvalue weighted by Gasteiger charge is -2.38. The molecule has 3 rings (SSSR count). The first-order valence-corrected chi connectivity index (χ1v) is 7.43. The predicted octanol–water partition coefficient (Wildman–Crippen LogP) is 2.96. The van der Waals surface area contributed by atoms with E-state index in [0.29, 0.717) is 11.9 Å². The van der Waals surface area contributed by atoms with Crippen molar-refractivity contribution >= 4 is 28.5 Å². The fourth-order valence-corrected chi connectivity index (χ4v) is 2.77. The van der Waals surface area contributed by atoms with Gasteiger partial charge in [0.1, 0.15) is 5.52 Å². The molecule has 0 spiro atoms. The molecule has 5 heteroatoms. The van der Waals surface area contributed by atoms with Crippen molar-refractivity contribution in [3.05, 3.63) is 18.6 Å². The molecule has 19 heavy (non-hydrogen) atoms. The number of rotatable bonds is 5. The Morgan fingerprint density at radius 1 is 1.42 bits per heavy atom. The van der Waals surface area contributed by atoms with Crippen LogP contribution in [0.1, 0.15) is 25.7 Å². The molecule has 0 atom stereocenters. The summed E-state index contributed by atoms with van der Waals surface area (Å²) < 4.78 is 2.04. The SMILES string of the molecule is Cn1cnc2c(N(CCCCl)C3CCC3)nccc21. The Hall–Kier alpha value is -1.29. The van der Waals surface area contributed by atoms with E-state index >= 15 is 0 Å². The van der Waals surface area contributed by atoms with Gasteiger partial charge in [0.15, 0.2) is 5.82 Å². The molecule has 0 amide bonds. The number of pyridine rings is 1. The molecule has 0 unspecified atom stereocenters. The quantitative estimate of drug-likeness (QED) is 0.789. The summed E-state index contributed by atoms with van der Waals surface area (Å²) >= 11 is 5.85. The highest BCUT2D eigenvalue weighted by atomic mass is 35.5. The molecule has 2 aromatic heterocycles. The summed E-state index contributed by atoms with van der Waals surface area (Å²) in [7, 11) is 2.02. The average Bonchev–Trinajstić information content (AvgIpc) is 2.74. The van der Waals surface area contributed by atoms with Gasteiger partial charge in [-0.1, -0.05) is 0 Å². The van der Waals surface area contributed by atoms with Gasteiger partial charge in [0.2, 0.25) is 0 Å². The highest BCUT2D eigenvalue weighted by Crippen LogP contribution is 2.32. The number of fused-ring (bicyclic) bond motifs is 1. The third kappa shape index (κ3) is 2.29. The Kier molecular flexibility index (Phi) is 3.60. The van der Waals surface area contributed by atoms with E-state index in [2.05, 4.69) is 14.9 Å². The van der Waals surface area contributed by atoms with Crippen molar-refractivity contribution in [3.8, 4) is 0 Å². The second-order valence-corrected chi connectivity index (χ2v) is 5.56. The maximum Gasteiger partial charge on any atom is 0.156 e. The standard InChI is InChI=1S/C14H19ClN4/c1-18-10-17-13-12(18)6-8-16-14(13)19(9-3-7-15)11-4-2-5-11/h6,8,10-11H,2-5,7,9H2,1H3. The molecule has 2 heterocycles. The van der Waals surface area contributed by atoms with Crippen LogP contribution in [0.15, 0.2) is 18.6 Å². The molecule has 0 bridgehead atoms. The zero-order valence-corrected chi connectivity index (χ0v) is 12.0. The summed E-state index contributed by atoms with van der Waals surface area (Å²) in [6, 6.07) is 2.63. The van der Waals surface area contributed by atoms with E-state index in [4.69, 9.17) is 11.6 Å². The first-order chi connectivity index (χ1) is 9.31. The number of alkyl halides is 1. The summed E-state index contributed by atoms with van der Waals surface area (Å²) in [5.74, 6) is 1.72. The van der Waals surface area contributed by atoms with Crippen LogP contribution in [-0.4, -0.2) is 33.0 Å².